The number of hydrogen-bond donors (Lipinski definition) is 5. The summed E-state index contributed by atoms with van der Waals surface area (Å²) in [5.41, 5.74) is 5.48. The van der Waals surface area contributed by atoms with Gasteiger partial charge in [0.1, 0.15) is 17.5 Å². The SMILES string of the molecule is CN(CCCCC(=O)Nc1ccc(CNC[C@H](O[Si](C)(C)C(C)(C)C)c2ccc(O)c3c2OCC(=O)N3)cc1)C(=O)CCN1C[C@H]2CC(OC(=O)Nc3ccccc3-c3ccccc3)C[C@H]2C1. The normalized spacial score (nSPS) is 18.5. The van der Waals surface area contributed by atoms with Crippen LogP contribution in [-0.2, 0) is 30.1 Å². The number of likely N-dealkylation sites (tertiary alicyclic amines) is 1. The Balaban J connectivity index is 0.772. The summed E-state index contributed by atoms with van der Waals surface area (Å²) in [6.45, 7) is 14.9. The molecule has 67 heavy (non-hydrogen) atoms. The third-order valence-electron chi connectivity index (χ3n) is 13.8. The van der Waals surface area contributed by atoms with Crippen LogP contribution in [-0.4, -0.2) is 99.5 Å². The first-order valence-corrected chi connectivity index (χ1v) is 26.6. The molecule has 3 aliphatic rings. The second kappa shape index (κ2) is 21.9. The molecule has 15 heteroatoms. The van der Waals surface area contributed by atoms with Crippen LogP contribution >= 0.6 is 0 Å². The minimum atomic E-state index is -2.25. The number of unbranched alkanes of at least 4 members (excludes halogenated alkanes) is 1. The molecule has 0 spiro atoms. The number of benzene rings is 4. The summed E-state index contributed by atoms with van der Waals surface area (Å²) in [7, 11) is -0.412. The van der Waals surface area contributed by atoms with Crippen LogP contribution in [0, 0.1) is 11.8 Å². The van der Waals surface area contributed by atoms with Gasteiger partial charge in [-0.2, -0.15) is 0 Å². The van der Waals surface area contributed by atoms with Crippen molar-refractivity contribution in [3.8, 4) is 22.6 Å². The van der Waals surface area contributed by atoms with E-state index in [1.54, 1.807) is 17.0 Å². The van der Waals surface area contributed by atoms with Gasteiger partial charge in [0.2, 0.25) is 11.8 Å². The van der Waals surface area contributed by atoms with Crippen LogP contribution < -0.4 is 26.0 Å². The second-order valence-corrected chi connectivity index (χ2v) is 24.6. The molecule has 1 saturated heterocycles. The molecule has 0 bridgehead atoms. The number of ether oxygens (including phenoxy) is 2. The number of hydrogen-bond acceptors (Lipinski definition) is 10. The molecule has 2 heterocycles. The third-order valence-corrected chi connectivity index (χ3v) is 18.3. The van der Waals surface area contributed by atoms with Crippen LogP contribution in [0.4, 0.5) is 21.9 Å². The number of phenols is 1. The number of phenolic OH excluding ortho intramolecular Hbond substituents is 1. The molecule has 4 atom stereocenters. The predicted molar refractivity (Wildman–Crippen MR) is 265 cm³/mol. The quantitative estimate of drug-likeness (QED) is 0.0347. The number of carbonyl (C=O) groups is 4. The van der Waals surface area contributed by atoms with E-state index >= 15 is 0 Å². The Labute approximate surface area is 396 Å². The van der Waals surface area contributed by atoms with E-state index in [4.69, 9.17) is 13.9 Å². The number of para-hydroxylation sites is 1. The van der Waals surface area contributed by atoms with Crippen molar-refractivity contribution in [2.45, 2.75) is 96.2 Å². The summed E-state index contributed by atoms with van der Waals surface area (Å²) in [4.78, 5) is 55.0. The van der Waals surface area contributed by atoms with Crippen LogP contribution in [0.15, 0.2) is 91.0 Å². The molecular formula is C52H68N6O8Si. The number of fused-ring (bicyclic) bond motifs is 2. The molecule has 2 aliphatic heterocycles. The van der Waals surface area contributed by atoms with Gasteiger partial charge in [-0.3, -0.25) is 19.7 Å². The van der Waals surface area contributed by atoms with Crippen molar-refractivity contribution in [3.63, 3.8) is 0 Å². The average molecular weight is 933 g/mol. The molecule has 2 fully saturated rings. The van der Waals surface area contributed by atoms with E-state index in [1.165, 1.54) is 0 Å². The number of nitrogens with one attached hydrogen (secondary N) is 4. The molecule has 1 aliphatic carbocycles. The number of anilines is 3. The van der Waals surface area contributed by atoms with E-state index < -0.39 is 20.5 Å². The molecule has 4 aromatic carbocycles. The first-order chi connectivity index (χ1) is 32.0. The molecule has 1 unspecified atom stereocenters. The molecule has 0 radical (unpaired) electrons. The minimum absolute atomic E-state index is 0.0478. The summed E-state index contributed by atoms with van der Waals surface area (Å²) in [6, 6.07) is 28.8. The predicted octanol–water partition coefficient (Wildman–Crippen LogP) is 9.16. The largest absolute Gasteiger partial charge is 0.506 e. The van der Waals surface area contributed by atoms with Gasteiger partial charge in [-0.15, -0.1) is 0 Å². The van der Waals surface area contributed by atoms with Gasteiger partial charge < -0.3 is 44.8 Å². The Morgan fingerprint density at radius 2 is 1.61 bits per heavy atom. The van der Waals surface area contributed by atoms with Crippen LogP contribution in [0.2, 0.25) is 18.1 Å². The molecule has 4 amide bonds. The number of nitrogens with zero attached hydrogens (tertiary/aromatic N) is 2. The smallest absolute Gasteiger partial charge is 0.411 e. The molecular weight excluding hydrogens is 865 g/mol. The van der Waals surface area contributed by atoms with Crippen molar-refractivity contribution < 1.29 is 38.2 Å². The zero-order chi connectivity index (χ0) is 47.7. The zero-order valence-electron chi connectivity index (χ0n) is 39.9. The molecule has 0 aromatic heterocycles. The van der Waals surface area contributed by atoms with Crippen LogP contribution in [0.1, 0.15) is 76.5 Å². The lowest BCUT2D eigenvalue weighted by Gasteiger charge is -2.40. The highest BCUT2D eigenvalue weighted by atomic mass is 28.4. The lowest BCUT2D eigenvalue weighted by Crippen LogP contribution is -2.43. The molecule has 7 rings (SSSR count). The van der Waals surface area contributed by atoms with Crippen LogP contribution in [0.3, 0.4) is 0 Å². The van der Waals surface area contributed by atoms with Crippen molar-refractivity contribution in [1.29, 1.82) is 0 Å². The number of amides is 4. The van der Waals surface area contributed by atoms with Crippen molar-refractivity contribution in [2.24, 2.45) is 11.8 Å². The Morgan fingerprint density at radius 1 is 0.910 bits per heavy atom. The maximum absolute atomic E-state index is 13.0. The minimum Gasteiger partial charge on any atom is -0.506 e. The number of rotatable bonds is 19. The van der Waals surface area contributed by atoms with Gasteiger partial charge in [0, 0.05) is 76.0 Å². The lowest BCUT2D eigenvalue weighted by molar-refractivity contribution is -0.130. The fraction of sp³-hybridized carbons (Fsp3) is 0.462. The summed E-state index contributed by atoms with van der Waals surface area (Å²) in [5.74, 6) is 0.991. The van der Waals surface area contributed by atoms with E-state index in [1.807, 2.05) is 85.9 Å². The highest BCUT2D eigenvalue weighted by Gasteiger charge is 2.43. The summed E-state index contributed by atoms with van der Waals surface area (Å²) in [5, 5.41) is 22.6. The first-order valence-electron chi connectivity index (χ1n) is 23.7. The fourth-order valence-electron chi connectivity index (χ4n) is 9.03. The Hall–Kier alpha value is -5.74. The zero-order valence-corrected chi connectivity index (χ0v) is 40.9. The Bertz CT molecular complexity index is 2340. The monoisotopic (exact) mass is 932 g/mol. The fourth-order valence-corrected chi connectivity index (χ4v) is 10.3. The maximum Gasteiger partial charge on any atom is 0.411 e. The molecule has 5 N–H and O–H groups in total. The van der Waals surface area contributed by atoms with E-state index in [-0.39, 0.29) is 46.9 Å². The van der Waals surface area contributed by atoms with Gasteiger partial charge in [0.15, 0.2) is 20.7 Å². The van der Waals surface area contributed by atoms with Crippen LogP contribution in [0.25, 0.3) is 11.1 Å². The maximum atomic E-state index is 13.0. The molecule has 4 aromatic rings. The number of aromatic hydroxyl groups is 1. The highest BCUT2D eigenvalue weighted by Crippen LogP contribution is 2.46. The van der Waals surface area contributed by atoms with E-state index in [0.29, 0.717) is 63.0 Å². The van der Waals surface area contributed by atoms with Gasteiger partial charge >= 0.3 is 6.09 Å². The average Bonchev–Trinajstić information content (AvgIpc) is 3.85. The van der Waals surface area contributed by atoms with Gasteiger partial charge in [-0.1, -0.05) is 81.4 Å². The summed E-state index contributed by atoms with van der Waals surface area (Å²) < 4.78 is 18.6. The summed E-state index contributed by atoms with van der Waals surface area (Å²) in [6.07, 6.45) is 2.95. The van der Waals surface area contributed by atoms with Crippen molar-refractivity contribution >= 4 is 49.2 Å². The van der Waals surface area contributed by atoms with Crippen molar-refractivity contribution in [1.82, 2.24) is 15.1 Å². The molecule has 1 saturated carbocycles. The first kappa shape index (κ1) is 49.2. The number of carbonyl (C=O) groups excluding carboxylic acids is 4. The van der Waals surface area contributed by atoms with E-state index in [2.05, 4.69) is 60.0 Å². The second-order valence-electron chi connectivity index (χ2n) is 19.8. The van der Waals surface area contributed by atoms with Crippen LogP contribution in [0.5, 0.6) is 11.5 Å². The van der Waals surface area contributed by atoms with E-state index in [9.17, 15) is 24.3 Å². The third kappa shape index (κ3) is 13.0. The summed E-state index contributed by atoms with van der Waals surface area (Å²) >= 11 is 0. The van der Waals surface area contributed by atoms with Gasteiger partial charge in [-0.25, -0.2) is 4.79 Å². The lowest BCUT2D eigenvalue weighted by atomic mass is 10.0. The van der Waals surface area contributed by atoms with Gasteiger partial charge in [0.25, 0.3) is 5.91 Å². The molecule has 14 nitrogen and oxygen atoms in total. The van der Waals surface area contributed by atoms with Gasteiger partial charge in [-0.05, 0) is 97.1 Å². The molecule has 358 valence electrons. The van der Waals surface area contributed by atoms with E-state index in [0.717, 1.165) is 66.0 Å². The Kier molecular flexibility index (Phi) is 16.1. The highest BCUT2D eigenvalue weighted by molar-refractivity contribution is 6.74. The topological polar surface area (TPSA) is 171 Å². The van der Waals surface area contributed by atoms with Gasteiger partial charge in [0.05, 0.1) is 11.8 Å². The Morgan fingerprint density at radius 3 is 2.33 bits per heavy atom. The van der Waals surface area contributed by atoms with Crippen molar-refractivity contribution in [2.75, 3.05) is 62.3 Å². The van der Waals surface area contributed by atoms with Crippen molar-refractivity contribution in [3.05, 3.63) is 102 Å². The standard InChI is InChI=1S/C52H68N6O8Si/c1-52(2,3)67(5,6)66-45(42-23-24-44(59)49-50(42)64-34-47(61)56-49)31-53-30-35-19-21-39(22-20-35)54-46(60)18-12-13-26-57(4)48(62)25-27-58-32-37-28-40(29-38(37)33-58)65-51(63)55-43-17-11-10-16-41(43)36-14-8-7-9-15-36/h7-11,14-17,19-24,37-38,40,45,53,59H,12-13,18,25-34H2,1-6H3,(H,54,60)(H,55,63)(H,56,61)/t37-,38+,40?,45-/m0/s1.